The molecule has 2 aromatic rings. The Bertz CT molecular complexity index is 1050. The van der Waals surface area contributed by atoms with E-state index in [1.165, 1.54) is 12.1 Å². The minimum atomic E-state index is -3.72. The zero-order valence-electron chi connectivity index (χ0n) is 18.8. The van der Waals surface area contributed by atoms with Crippen LogP contribution in [-0.2, 0) is 26.1 Å². The van der Waals surface area contributed by atoms with E-state index >= 15 is 0 Å². The highest BCUT2D eigenvalue weighted by atomic mass is 32.2. The van der Waals surface area contributed by atoms with Gasteiger partial charge in [0.15, 0.2) is 0 Å². The first kappa shape index (κ1) is 24.5. The lowest BCUT2D eigenvalue weighted by Crippen LogP contribution is -2.41. The van der Waals surface area contributed by atoms with E-state index in [4.69, 9.17) is 9.47 Å². The fraction of sp³-hybridized carbons (Fsp3) is 0.391. The summed E-state index contributed by atoms with van der Waals surface area (Å²) in [5.41, 5.74) is 1.63. The Hall–Kier alpha value is -3.11. The molecule has 9 nitrogen and oxygen atoms in total. The second kappa shape index (κ2) is 11.2. The van der Waals surface area contributed by atoms with Crippen molar-refractivity contribution in [3.63, 3.8) is 0 Å². The van der Waals surface area contributed by atoms with Gasteiger partial charge in [0.25, 0.3) is 5.91 Å². The van der Waals surface area contributed by atoms with E-state index in [1.807, 2.05) is 31.2 Å². The molecule has 1 aliphatic heterocycles. The van der Waals surface area contributed by atoms with Crippen LogP contribution in [0.3, 0.4) is 0 Å². The van der Waals surface area contributed by atoms with Crippen LogP contribution in [0.4, 0.5) is 5.69 Å². The number of rotatable bonds is 9. The van der Waals surface area contributed by atoms with E-state index in [2.05, 4.69) is 5.32 Å². The summed E-state index contributed by atoms with van der Waals surface area (Å²) >= 11 is 0. The lowest BCUT2D eigenvalue weighted by molar-refractivity contribution is -0.119. The maximum atomic E-state index is 12.6. The van der Waals surface area contributed by atoms with E-state index in [0.29, 0.717) is 44.2 Å². The van der Waals surface area contributed by atoms with Crippen LogP contribution in [-0.4, -0.2) is 70.8 Å². The molecule has 0 bridgehead atoms. The molecule has 33 heavy (non-hydrogen) atoms. The first-order chi connectivity index (χ1) is 15.8. The van der Waals surface area contributed by atoms with Gasteiger partial charge >= 0.3 is 0 Å². The predicted octanol–water partition coefficient (Wildman–Crippen LogP) is 1.64. The summed E-state index contributed by atoms with van der Waals surface area (Å²) in [6.45, 7) is 4.39. The molecule has 0 atom stereocenters. The van der Waals surface area contributed by atoms with Crippen molar-refractivity contribution in [2.75, 3.05) is 50.0 Å². The average molecular weight is 476 g/mol. The molecule has 0 aromatic heterocycles. The van der Waals surface area contributed by atoms with Crippen molar-refractivity contribution in [2.24, 2.45) is 0 Å². The zero-order valence-corrected chi connectivity index (χ0v) is 19.6. The van der Waals surface area contributed by atoms with Crippen molar-refractivity contribution in [1.82, 2.24) is 10.2 Å². The summed E-state index contributed by atoms with van der Waals surface area (Å²) in [7, 11) is -3.72. The molecule has 0 aliphatic carbocycles. The van der Waals surface area contributed by atoms with Crippen LogP contribution in [0.25, 0.3) is 0 Å². The summed E-state index contributed by atoms with van der Waals surface area (Å²) in [5, 5.41) is 2.74. The number of nitrogens with one attached hydrogen (secondary N) is 1. The molecule has 10 heteroatoms. The van der Waals surface area contributed by atoms with Crippen LogP contribution in [0.1, 0.15) is 22.8 Å². The van der Waals surface area contributed by atoms with E-state index in [-0.39, 0.29) is 19.0 Å². The van der Waals surface area contributed by atoms with Crippen LogP contribution in [0.15, 0.2) is 48.5 Å². The molecule has 2 amide bonds. The maximum Gasteiger partial charge on any atom is 0.254 e. The number of anilines is 1. The Labute approximate surface area is 194 Å². The normalized spacial score (nSPS) is 13.9. The smallest absolute Gasteiger partial charge is 0.254 e. The number of hydrogen-bond donors (Lipinski definition) is 1. The zero-order chi connectivity index (χ0) is 23.8. The third-order valence-electron chi connectivity index (χ3n) is 5.11. The van der Waals surface area contributed by atoms with Gasteiger partial charge in [0.05, 0.1) is 31.8 Å². The number of hydrogen-bond acceptors (Lipinski definition) is 6. The fourth-order valence-electron chi connectivity index (χ4n) is 3.38. The molecule has 0 radical (unpaired) electrons. The molecule has 1 N–H and O–H groups in total. The maximum absolute atomic E-state index is 12.6. The van der Waals surface area contributed by atoms with Gasteiger partial charge in [-0.2, -0.15) is 0 Å². The second-order valence-electron chi connectivity index (χ2n) is 7.57. The van der Waals surface area contributed by atoms with Crippen LogP contribution in [0, 0.1) is 0 Å². The van der Waals surface area contributed by atoms with Crippen LogP contribution in [0.2, 0.25) is 0 Å². The van der Waals surface area contributed by atoms with E-state index < -0.39 is 15.9 Å². The largest absolute Gasteiger partial charge is 0.494 e. The van der Waals surface area contributed by atoms with Crippen molar-refractivity contribution >= 4 is 27.5 Å². The number of ether oxygens (including phenoxy) is 2. The Morgan fingerprint density at radius 2 is 1.70 bits per heavy atom. The molecular weight excluding hydrogens is 446 g/mol. The number of carbonyl (C=O) groups excluding carboxylic acids is 2. The SMILES string of the molecule is CCOc1ccc(CNC(=O)CN(c2ccc(C(=O)N3CCOCC3)cc2)S(C)(=O)=O)cc1. The molecular formula is C23H29N3O6S. The minimum absolute atomic E-state index is 0.135. The van der Waals surface area contributed by atoms with Gasteiger partial charge in [-0.25, -0.2) is 8.42 Å². The average Bonchev–Trinajstić information content (AvgIpc) is 2.82. The number of nitrogens with zero attached hydrogens (tertiary/aromatic N) is 2. The fourth-order valence-corrected chi connectivity index (χ4v) is 4.23. The molecule has 1 aliphatic rings. The molecule has 178 valence electrons. The molecule has 0 spiro atoms. The highest BCUT2D eigenvalue weighted by molar-refractivity contribution is 7.92. The molecule has 1 fully saturated rings. The first-order valence-corrected chi connectivity index (χ1v) is 12.6. The Balaban J connectivity index is 1.63. The Kier molecular flexibility index (Phi) is 8.29. The van der Waals surface area contributed by atoms with Gasteiger partial charge in [0.1, 0.15) is 12.3 Å². The second-order valence-corrected chi connectivity index (χ2v) is 9.48. The quantitative estimate of drug-likeness (QED) is 0.591. The van der Waals surface area contributed by atoms with Gasteiger partial charge in [0.2, 0.25) is 15.9 Å². The third-order valence-corrected chi connectivity index (χ3v) is 6.25. The molecule has 0 unspecified atom stereocenters. The molecule has 1 saturated heterocycles. The monoisotopic (exact) mass is 475 g/mol. The number of morpholine rings is 1. The predicted molar refractivity (Wildman–Crippen MR) is 125 cm³/mol. The molecule has 3 rings (SSSR count). The van der Waals surface area contributed by atoms with Crippen LogP contribution < -0.4 is 14.4 Å². The van der Waals surface area contributed by atoms with Gasteiger partial charge in [-0.3, -0.25) is 13.9 Å². The highest BCUT2D eigenvalue weighted by Gasteiger charge is 2.22. The Morgan fingerprint density at radius 1 is 1.06 bits per heavy atom. The topological polar surface area (TPSA) is 105 Å². The molecule has 0 saturated carbocycles. The van der Waals surface area contributed by atoms with Crippen molar-refractivity contribution in [3.8, 4) is 5.75 Å². The number of carbonyl (C=O) groups is 2. The molecule has 2 aromatic carbocycles. The summed E-state index contributed by atoms with van der Waals surface area (Å²) < 4.78 is 36.4. The Morgan fingerprint density at radius 3 is 2.27 bits per heavy atom. The number of amides is 2. The lowest BCUT2D eigenvalue weighted by Gasteiger charge is -2.27. The van der Waals surface area contributed by atoms with E-state index in [9.17, 15) is 18.0 Å². The van der Waals surface area contributed by atoms with Crippen molar-refractivity contribution in [2.45, 2.75) is 13.5 Å². The summed E-state index contributed by atoms with van der Waals surface area (Å²) in [4.78, 5) is 26.8. The number of sulfonamides is 1. The van der Waals surface area contributed by atoms with Crippen LogP contribution >= 0.6 is 0 Å². The van der Waals surface area contributed by atoms with Gasteiger partial charge < -0.3 is 19.7 Å². The van der Waals surface area contributed by atoms with Crippen molar-refractivity contribution in [3.05, 3.63) is 59.7 Å². The van der Waals surface area contributed by atoms with E-state index in [1.54, 1.807) is 17.0 Å². The van der Waals surface area contributed by atoms with Gasteiger partial charge in [-0.15, -0.1) is 0 Å². The van der Waals surface area contributed by atoms with Gasteiger partial charge in [-0.05, 0) is 48.9 Å². The minimum Gasteiger partial charge on any atom is -0.494 e. The third kappa shape index (κ3) is 6.93. The van der Waals surface area contributed by atoms with E-state index in [0.717, 1.165) is 21.9 Å². The van der Waals surface area contributed by atoms with Crippen LogP contribution in [0.5, 0.6) is 5.75 Å². The molecule has 1 heterocycles. The first-order valence-electron chi connectivity index (χ1n) is 10.7. The highest BCUT2D eigenvalue weighted by Crippen LogP contribution is 2.19. The number of benzene rings is 2. The van der Waals surface area contributed by atoms with Crippen molar-refractivity contribution < 1.29 is 27.5 Å². The summed E-state index contributed by atoms with van der Waals surface area (Å²) in [6, 6.07) is 13.5. The van der Waals surface area contributed by atoms with Gasteiger partial charge in [0, 0.05) is 25.2 Å². The van der Waals surface area contributed by atoms with Crippen molar-refractivity contribution in [1.29, 1.82) is 0 Å². The van der Waals surface area contributed by atoms with Gasteiger partial charge in [-0.1, -0.05) is 12.1 Å². The standard InChI is InChI=1S/C23H29N3O6S/c1-3-32-21-10-4-18(5-11-21)16-24-22(27)17-26(33(2,29)30)20-8-6-19(7-9-20)23(28)25-12-14-31-15-13-25/h4-11H,3,12-17H2,1-2H3,(H,24,27). The lowest BCUT2D eigenvalue weighted by atomic mass is 10.1. The summed E-state index contributed by atoms with van der Waals surface area (Å²) in [6.07, 6.45) is 1.04. The summed E-state index contributed by atoms with van der Waals surface area (Å²) in [5.74, 6) is 0.165.